The van der Waals surface area contributed by atoms with Crippen molar-refractivity contribution in [2.24, 2.45) is 0 Å². The minimum absolute atomic E-state index is 0. The summed E-state index contributed by atoms with van der Waals surface area (Å²) in [6, 6.07) is 0.565. The minimum Gasteiger partial charge on any atom is -0.358 e. The summed E-state index contributed by atoms with van der Waals surface area (Å²) in [6.07, 6.45) is 17.1. The molecule has 1 aliphatic rings. The molecule has 0 aromatic heterocycles. The van der Waals surface area contributed by atoms with Crippen LogP contribution in [0, 0.1) is 32.6 Å². The van der Waals surface area contributed by atoms with Crippen molar-refractivity contribution < 1.29 is 4.79 Å². The number of hydrogen-bond acceptors (Lipinski definition) is 4. The minimum atomic E-state index is -0.328. The maximum Gasteiger partial charge on any atom is 2.00 e. The predicted molar refractivity (Wildman–Crippen MR) is 153 cm³/mol. The van der Waals surface area contributed by atoms with Crippen LogP contribution in [0.3, 0.4) is 0 Å². The van der Waals surface area contributed by atoms with Gasteiger partial charge in [0.25, 0.3) is 0 Å². The van der Waals surface area contributed by atoms with Gasteiger partial charge in [-0.1, -0.05) is 72.5 Å². The van der Waals surface area contributed by atoms with Gasteiger partial charge in [-0.15, -0.1) is 5.92 Å². The van der Waals surface area contributed by atoms with Crippen LogP contribution in [-0.4, -0.2) is 82.1 Å². The van der Waals surface area contributed by atoms with E-state index in [2.05, 4.69) is 42.7 Å². The molecule has 0 aliphatic heterocycles. The van der Waals surface area contributed by atoms with Gasteiger partial charge in [-0.25, -0.2) is 0 Å². The molecule has 2 N–H and O–H groups in total. The molecule has 0 saturated heterocycles. The molecule has 1 unspecified atom stereocenters. The third-order valence-electron chi connectivity index (χ3n) is 5.59. The van der Waals surface area contributed by atoms with Gasteiger partial charge in [-0.2, -0.15) is 19.3 Å². The van der Waals surface area contributed by atoms with Gasteiger partial charge < -0.3 is 31.4 Å². The average Bonchev–Trinajstić information content (AvgIpc) is 2.76. The zero-order valence-corrected chi connectivity index (χ0v) is 25.2. The van der Waals surface area contributed by atoms with Gasteiger partial charge in [0.1, 0.15) is 0 Å². The maximum absolute atomic E-state index is 11.9. The first-order valence-electron chi connectivity index (χ1n) is 12.2. The van der Waals surface area contributed by atoms with Gasteiger partial charge in [0.05, 0.1) is 14.4 Å². The van der Waals surface area contributed by atoms with Crippen molar-refractivity contribution in [1.29, 1.82) is 0 Å². The van der Waals surface area contributed by atoms with Crippen molar-refractivity contribution in [3.63, 3.8) is 0 Å². The number of carbonyl (C=O) groups is 1. The molecule has 1 fully saturated rings. The standard InChI is InChI=1S/C25H43BN2OS2.CH3.Ca/c1-3-4-5-6-7-8-10-14-23(2)27-20-22-31-30-21-15-24(29)28-19-13-18-25(26)16-11-9-12-17-25;;/h8,23,27H,1,3-7,9-12,14-17,19-22H2,2H3,(H,28,29);1H3;/q-2;-1;+2. The van der Waals surface area contributed by atoms with E-state index in [4.69, 9.17) is 7.85 Å². The van der Waals surface area contributed by atoms with Crippen LogP contribution in [0.15, 0.2) is 0 Å². The molecule has 1 amide bonds. The smallest absolute Gasteiger partial charge is 0.358 e. The molecule has 0 bridgehead atoms. The summed E-state index contributed by atoms with van der Waals surface area (Å²) >= 11 is 0. The molecule has 1 rings (SSSR count). The molecule has 0 aromatic rings. The van der Waals surface area contributed by atoms with Crippen LogP contribution in [0.5, 0.6) is 0 Å². The first kappa shape index (κ1) is 36.2. The van der Waals surface area contributed by atoms with Crippen LogP contribution < -0.4 is 10.6 Å². The third-order valence-corrected chi connectivity index (χ3v) is 8.00. The van der Waals surface area contributed by atoms with Gasteiger partial charge in [0.2, 0.25) is 5.91 Å². The summed E-state index contributed by atoms with van der Waals surface area (Å²) < 4.78 is 0. The molecule has 0 heterocycles. The largest absolute Gasteiger partial charge is 2.00 e. The molecule has 2 radical (unpaired) electrons. The monoisotopic (exact) mass is 517 g/mol. The van der Waals surface area contributed by atoms with Crippen molar-refractivity contribution >= 4 is 73.1 Å². The Hall–Kier alpha value is 1.01. The van der Waals surface area contributed by atoms with Gasteiger partial charge in [0.15, 0.2) is 0 Å². The Bertz CT molecular complexity index is 522. The Morgan fingerprint density at radius 2 is 1.88 bits per heavy atom. The van der Waals surface area contributed by atoms with Crippen molar-refractivity contribution in [2.75, 3.05) is 24.6 Å². The Morgan fingerprint density at radius 1 is 1.15 bits per heavy atom. The number of hydrogen-bond donors (Lipinski definition) is 2. The second-order valence-corrected chi connectivity index (χ2v) is 11.3. The molecule has 0 spiro atoms. The fourth-order valence-corrected chi connectivity index (χ4v) is 5.53. The molecule has 1 aliphatic carbocycles. The Labute approximate surface area is 245 Å². The fraction of sp³-hybridized carbons (Fsp3) is 0.769. The first-order chi connectivity index (χ1) is 15.1. The first-order valence-corrected chi connectivity index (χ1v) is 14.7. The number of nitrogens with one attached hydrogen (secondary N) is 2. The molecule has 3 nitrogen and oxygen atoms in total. The zero-order valence-electron chi connectivity index (χ0n) is 21.4. The molecule has 7 heteroatoms. The molecular formula is C26H46BCaN2OS2-. The zero-order chi connectivity index (χ0) is 22.6. The molecule has 33 heavy (non-hydrogen) atoms. The Balaban J connectivity index is 0. The van der Waals surface area contributed by atoms with Crippen LogP contribution in [-0.2, 0) is 4.79 Å². The molecular weight excluding hydrogens is 471 g/mol. The summed E-state index contributed by atoms with van der Waals surface area (Å²) in [7, 11) is 9.90. The van der Waals surface area contributed by atoms with Gasteiger partial charge in [0, 0.05) is 30.5 Å². The van der Waals surface area contributed by atoms with E-state index >= 15 is 0 Å². The van der Waals surface area contributed by atoms with E-state index in [0.717, 1.165) is 50.2 Å². The van der Waals surface area contributed by atoms with Crippen LogP contribution >= 0.6 is 21.6 Å². The number of rotatable bonds is 17. The summed E-state index contributed by atoms with van der Waals surface area (Å²) in [5, 5.41) is 6.15. The Morgan fingerprint density at radius 3 is 2.61 bits per heavy atom. The van der Waals surface area contributed by atoms with Crippen LogP contribution in [0.4, 0.5) is 0 Å². The van der Waals surface area contributed by atoms with Gasteiger partial charge in [-0.3, -0.25) is 4.79 Å². The molecule has 184 valence electrons. The Kier molecular flexibility index (Phi) is 27.1. The normalized spacial score (nSPS) is 15.3. The van der Waals surface area contributed by atoms with E-state index in [9.17, 15) is 4.79 Å². The van der Waals surface area contributed by atoms with E-state index in [1.165, 1.54) is 44.9 Å². The van der Waals surface area contributed by atoms with Crippen LogP contribution in [0.25, 0.3) is 0 Å². The second kappa shape index (κ2) is 24.7. The van der Waals surface area contributed by atoms with Crippen molar-refractivity contribution in [3.05, 3.63) is 20.8 Å². The summed E-state index contributed by atoms with van der Waals surface area (Å²) in [4.78, 5) is 11.9. The third kappa shape index (κ3) is 22.0. The summed E-state index contributed by atoms with van der Waals surface area (Å²) in [6.45, 7) is 7.58. The van der Waals surface area contributed by atoms with Gasteiger partial charge in [-0.05, 0) is 25.1 Å². The van der Waals surface area contributed by atoms with E-state index in [0.29, 0.717) is 19.0 Å². The molecule has 1 saturated carbocycles. The van der Waals surface area contributed by atoms with Crippen LogP contribution in [0.2, 0.25) is 5.31 Å². The average molecular weight is 518 g/mol. The fourth-order valence-electron chi connectivity index (χ4n) is 3.61. The number of amides is 1. The SMILES string of the molecule is [B]C1(C#CCNC(=O)CCSSCCNC(C)CC[CH-]CCCCC[CH2-])CCCCC1.[CH3-].[Ca+2]. The topological polar surface area (TPSA) is 41.1 Å². The van der Waals surface area contributed by atoms with E-state index in [1.54, 1.807) is 10.8 Å². The maximum atomic E-state index is 11.9. The second-order valence-electron chi connectivity index (χ2n) is 8.61. The van der Waals surface area contributed by atoms with Gasteiger partial charge >= 0.3 is 37.7 Å². The molecule has 0 aromatic carbocycles. The predicted octanol–water partition coefficient (Wildman–Crippen LogP) is 5.99. The van der Waals surface area contributed by atoms with E-state index < -0.39 is 0 Å². The quantitative estimate of drug-likeness (QED) is 0.0818. The van der Waals surface area contributed by atoms with Crippen LogP contribution in [0.1, 0.15) is 90.4 Å². The number of unbranched alkanes of at least 4 members (excludes halogenated alkanes) is 6. The summed E-state index contributed by atoms with van der Waals surface area (Å²) in [5.74, 6) is 8.20. The number of carbonyl (C=O) groups excluding carboxylic acids is 1. The van der Waals surface area contributed by atoms with Crippen molar-refractivity contribution in [2.45, 2.75) is 102 Å². The van der Waals surface area contributed by atoms with E-state index in [-0.39, 0.29) is 56.4 Å². The van der Waals surface area contributed by atoms with Crippen molar-refractivity contribution in [1.82, 2.24) is 10.6 Å². The van der Waals surface area contributed by atoms with Crippen molar-refractivity contribution in [3.8, 4) is 11.8 Å². The van der Waals surface area contributed by atoms with E-state index in [1.807, 2.05) is 10.8 Å². The summed E-state index contributed by atoms with van der Waals surface area (Å²) in [5.41, 5.74) is 0. The molecule has 1 atom stereocenters.